The highest BCUT2D eigenvalue weighted by atomic mass is 32.2. The van der Waals surface area contributed by atoms with Crippen molar-refractivity contribution in [3.63, 3.8) is 0 Å². The molecule has 1 saturated heterocycles. The average molecular weight is 302 g/mol. The van der Waals surface area contributed by atoms with Crippen LogP contribution in [0, 0.1) is 0 Å². The third-order valence-electron chi connectivity index (χ3n) is 3.82. The standard InChI is InChI=1S/C12H18N2O3S2/c1-10-11-2-9-18-12(11)19(15,16)14(10)4-3-13-5-7-17-8-6-13/h2,9-10H,3-8H2,1H3. The first-order chi connectivity index (χ1) is 9.10. The lowest BCUT2D eigenvalue weighted by Crippen LogP contribution is -2.42. The molecule has 3 rings (SSSR count). The van der Waals surface area contributed by atoms with Crippen LogP contribution in [0.5, 0.6) is 0 Å². The molecule has 0 spiro atoms. The van der Waals surface area contributed by atoms with Crippen LogP contribution in [0.2, 0.25) is 0 Å². The fourth-order valence-corrected chi connectivity index (χ4v) is 5.93. The second-order valence-corrected chi connectivity index (χ2v) is 7.91. The monoisotopic (exact) mass is 302 g/mol. The molecule has 2 aliphatic rings. The minimum absolute atomic E-state index is 0.0349. The minimum atomic E-state index is -3.26. The topological polar surface area (TPSA) is 49.9 Å². The number of nitrogens with zero attached hydrogens (tertiary/aromatic N) is 2. The maximum atomic E-state index is 12.4. The second kappa shape index (κ2) is 5.14. The van der Waals surface area contributed by atoms with Crippen LogP contribution >= 0.6 is 11.3 Å². The number of ether oxygens (including phenoxy) is 1. The van der Waals surface area contributed by atoms with Crippen molar-refractivity contribution in [3.05, 3.63) is 17.0 Å². The van der Waals surface area contributed by atoms with Crippen molar-refractivity contribution in [1.82, 2.24) is 9.21 Å². The normalized spacial score (nSPS) is 27.5. The molecule has 0 aliphatic carbocycles. The highest BCUT2D eigenvalue weighted by Crippen LogP contribution is 2.41. The van der Waals surface area contributed by atoms with E-state index in [2.05, 4.69) is 4.90 Å². The van der Waals surface area contributed by atoms with Gasteiger partial charge >= 0.3 is 0 Å². The number of hydrogen-bond donors (Lipinski definition) is 0. The lowest BCUT2D eigenvalue weighted by molar-refractivity contribution is 0.0356. The summed E-state index contributed by atoms with van der Waals surface area (Å²) < 4.78 is 32.3. The summed E-state index contributed by atoms with van der Waals surface area (Å²) >= 11 is 1.32. The second-order valence-electron chi connectivity index (χ2n) is 4.91. The number of sulfonamides is 1. The quantitative estimate of drug-likeness (QED) is 0.840. The summed E-state index contributed by atoms with van der Waals surface area (Å²) in [6, 6.07) is 1.89. The molecule has 1 aromatic heterocycles. The van der Waals surface area contributed by atoms with Crippen molar-refractivity contribution >= 4 is 21.4 Å². The first-order valence-corrected chi connectivity index (χ1v) is 8.82. The molecule has 1 aromatic rings. The molecule has 0 bridgehead atoms. The number of fused-ring (bicyclic) bond motifs is 1. The van der Waals surface area contributed by atoms with Gasteiger partial charge in [-0.3, -0.25) is 4.90 Å². The summed E-state index contributed by atoms with van der Waals surface area (Å²) in [6.45, 7) is 6.58. The molecule has 106 valence electrons. The molecule has 1 fully saturated rings. The molecular formula is C12H18N2O3S2. The third-order valence-corrected chi connectivity index (χ3v) is 7.29. The molecule has 1 atom stereocenters. The molecular weight excluding hydrogens is 284 g/mol. The Kier molecular flexibility index (Phi) is 3.65. The van der Waals surface area contributed by atoms with E-state index in [-0.39, 0.29) is 6.04 Å². The van der Waals surface area contributed by atoms with Crippen LogP contribution in [0.1, 0.15) is 18.5 Å². The van der Waals surface area contributed by atoms with Crippen molar-refractivity contribution in [2.75, 3.05) is 39.4 Å². The molecule has 2 aliphatic heterocycles. The van der Waals surface area contributed by atoms with Gasteiger partial charge in [0.2, 0.25) is 0 Å². The van der Waals surface area contributed by atoms with Crippen LogP contribution in [0.3, 0.4) is 0 Å². The van der Waals surface area contributed by atoms with Crippen molar-refractivity contribution in [3.8, 4) is 0 Å². The number of thiophene rings is 1. The zero-order valence-corrected chi connectivity index (χ0v) is 12.5. The summed E-state index contributed by atoms with van der Waals surface area (Å²) in [5.41, 5.74) is 0.951. The van der Waals surface area contributed by atoms with Gasteiger partial charge in [-0.15, -0.1) is 11.3 Å². The number of morpholine rings is 1. The Bertz CT molecular complexity index is 549. The summed E-state index contributed by atoms with van der Waals surface area (Å²) in [5, 5.41) is 1.86. The van der Waals surface area contributed by atoms with E-state index in [0.29, 0.717) is 10.8 Å². The zero-order valence-electron chi connectivity index (χ0n) is 10.9. The summed E-state index contributed by atoms with van der Waals surface area (Å²) in [6.07, 6.45) is 0. The molecule has 3 heterocycles. The van der Waals surface area contributed by atoms with Gasteiger partial charge in [0.1, 0.15) is 4.21 Å². The van der Waals surface area contributed by atoms with Crippen LogP contribution in [0.25, 0.3) is 0 Å². The van der Waals surface area contributed by atoms with Gasteiger partial charge < -0.3 is 4.74 Å². The van der Waals surface area contributed by atoms with Gasteiger partial charge in [-0.05, 0) is 18.4 Å². The van der Waals surface area contributed by atoms with Crippen LogP contribution in [0.15, 0.2) is 15.7 Å². The van der Waals surface area contributed by atoms with Crippen molar-refractivity contribution in [2.45, 2.75) is 17.2 Å². The van der Waals surface area contributed by atoms with E-state index in [1.54, 1.807) is 4.31 Å². The molecule has 0 saturated carbocycles. The Morgan fingerprint density at radius 3 is 2.79 bits per heavy atom. The molecule has 5 nitrogen and oxygen atoms in total. The maximum Gasteiger partial charge on any atom is 0.253 e. The molecule has 7 heteroatoms. The van der Waals surface area contributed by atoms with E-state index < -0.39 is 10.0 Å². The highest BCUT2D eigenvalue weighted by Gasteiger charge is 2.41. The average Bonchev–Trinajstić information content (AvgIpc) is 2.94. The smallest absolute Gasteiger partial charge is 0.253 e. The number of rotatable bonds is 3. The van der Waals surface area contributed by atoms with E-state index in [9.17, 15) is 8.42 Å². The fraction of sp³-hybridized carbons (Fsp3) is 0.667. The van der Waals surface area contributed by atoms with Gasteiger partial charge in [0.15, 0.2) is 0 Å². The van der Waals surface area contributed by atoms with E-state index in [4.69, 9.17) is 4.74 Å². The van der Waals surface area contributed by atoms with Crippen LogP contribution < -0.4 is 0 Å². The predicted molar refractivity (Wildman–Crippen MR) is 73.9 cm³/mol. The molecule has 0 N–H and O–H groups in total. The Balaban J connectivity index is 1.70. The van der Waals surface area contributed by atoms with E-state index in [1.165, 1.54) is 11.3 Å². The molecule has 1 unspecified atom stereocenters. The lowest BCUT2D eigenvalue weighted by atomic mass is 10.2. The maximum absolute atomic E-state index is 12.4. The molecule has 0 radical (unpaired) electrons. The molecule has 0 amide bonds. The summed E-state index contributed by atoms with van der Waals surface area (Å²) in [7, 11) is -3.26. The van der Waals surface area contributed by atoms with E-state index >= 15 is 0 Å². The lowest BCUT2D eigenvalue weighted by Gasteiger charge is -2.29. The van der Waals surface area contributed by atoms with Gasteiger partial charge in [-0.1, -0.05) is 0 Å². The van der Waals surface area contributed by atoms with Crippen LogP contribution in [0.4, 0.5) is 0 Å². The largest absolute Gasteiger partial charge is 0.379 e. The molecule has 0 aromatic carbocycles. The Labute approximate surface area is 117 Å². The first kappa shape index (κ1) is 13.5. The van der Waals surface area contributed by atoms with Gasteiger partial charge in [-0.25, -0.2) is 8.42 Å². The zero-order chi connectivity index (χ0) is 13.5. The van der Waals surface area contributed by atoms with Crippen molar-refractivity contribution in [1.29, 1.82) is 0 Å². The highest BCUT2D eigenvalue weighted by molar-refractivity contribution is 7.91. The first-order valence-electron chi connectivity index (χ1n) is 6.50. The minimum Gasteiger partial charge on any atom is -0.379 e. The van der Waals surface area contributed by atoms with Gasteiger partial charge in [-0.2, -0.15) is 4.31 Å². The molecule has 19 heavy (non-hydrogen) atoms. The van der Waals surface area contributed by atoms with E-state index in [0.717, 1.165) is 38.4 Å². The van der Waals surface area contributed by atoms with Crippen molar-refractivity contribution in [2.24, 2.45) is 0 Å². The number of hydrogen-bond acceptors (Lipinski definition) is 5. The van der Waals surface area contributed by atoms with Gasteiger partial charge in [0.05, 0.1) is 13.2 Å². The van der Waals surface area contributed by atoms with E-state index in [1.807, 2.05) is 18.4 Å². The fourth-order valence-electron chi connectivity index (χ4n) is 2.67. The van der Waals surface area contributed by atoms with Crippen LogP contribution in [-0.2, 0) is 14.8 Å². The summed E-state index contributed by atoms with van der Waals surface area (Å²) in [4.78, 5) is 2.26. The third kappa shape index (κ3) is 2.34. The van der Waals surface area contributed by atoms with Gasteiger partial charge in [0, 0.05) is 37.8 Å². The predicted octanol–water partition coefficient (Wildman–Crippen LogP) is 1.15. The Morgan fingerprint density at radius 1 is 1.37 bits per heavy atom. The Hall–Kier alpha value is -0.470. The van der Waals surface area contributed by atoms with Crippen LogP contribution in [-0.4, -0.2) is 57.0 Å². The van der Waals surface area contributed by atoms with Gasteiger partial charge in [0.25, 0.3) is 10.0 Å². The Morgan fingerprint density at radius 2 is 2.11 bits per heavy atom. The SMILES string of the molecule is CC1c2ccsc2S(=O)(=O)N1CCN1CCOCC1. The van der Waals surface area contributed by atoms with Crippen molar-refractivity contribution < 1.29 is 13.2 Å². The summed E-state index contributed by atoms with van der Waals surface area (Å²) in [5.74, 6) is 0.